The number of esters is 1. The number of fused-ring (bicyclic) bond motifs is 1. The van der Waals surface area contributed by atoms with Crippen molar-refractivity contribution in [1.82, 2.24) is 4.57 Å². The molecule has 17 heavy (non-hydrogen) atoms. The molecule has 4 nitrogen and oxygen atoms in total. The van der Waals surface area contributed by atoms with E-state index in [1.54, 1.807) is 19.2 Å². The van der Waals surface area contributed by atoms with Gasteiger partial charge in [-0.2, -0.15) is 0 Å². The van der Waals surface area contributed by atoms with E-state index < -0.39 is 5.97 Å². The summed E-state index contributed by atoms with van der Waals surface area (Å²) in [6.07, 6.45) is 1.93. The van der Waals surface area contributed by atoms with Crippen molar-refractivity contribution in [3.63, 3.8) is 0 Å². The Balaban J connectivity index is 2.71. The van der Waals surface area contributed by atoms with E-state index in [0.29, 0.717) is 12.0 Å². The Hall–Kier alpha value is -2.10. The van der Waals surface area contributed by atoms with Gasteiger partial charge in [-0.25, -0.2) is 4.79 Å². The molecule has 4 heteroatoms. The van der Waals surface area contributed by atoms with Crippen LogP contribution in [0, 0.1) is 0 Å². The summed E-state index contributed by atoms with van der Waals surface area (Å²) in [5.74, 6) is -0.472. The molecule has 0 radical (unpaired) electrons. The van der Waals surface area contributed by atoms with Gasteiger partial charge in [0.1, 0.15) is 0 Å². The van der Waals surface area contributed by atoms with Crippen LogP contribution in [0.1, 0.15) is 28.5 Å². The number of methoxy groups -OCH3 is 1. The quantitative estimate of drug-likeness (QED) is 0.746. The Morgan fingerprint density at radius 2 is 2.00 bits per heavy atom. The lowest BCUT2D eigenvalue weighted by molar-refractivity contribution is 0.0603. The SMILES string of the molecule is CCC(=O)n1cc(C(=O)OC)c2ccccc21. The van der Waals surface area contributed by atoms with Crippen molar-refractivity contribution in [3.05, 3.63) is 36.0 Å². The molecule has 0 amide bonds. The maximum atomic E-state index is 11.8. The van der Waals surface area contributed by atoms with Crippen molar-refractivity contribution in [3.8, 4) is 0 Å². The number of carbonyl (C=O) groups is 2. The van der Waals surface area contributed by atoms with E-state index in [-0.39, 0.29) is 5.91 Å². The molecule has 0 aliphatic carbocycles. The highest BCUT2D eigenvalue weighted by Crippen LogP contribution is 2.22. The minimum Gasteiger partial charge on any atom is -0.465 e. The van der Waals surface area contributed by atoms with E-state index in [1.807, 2.05) is 18.2 Å². The normalized spacial score (nSPS) is 10.5. The Bertz CT molecular complexity index is 533. The minimum atomic E-state index is -0.427. The molecule has 2 aromatic rings. The van der Waals surface area contributed by atoms with Gasteiger partial charge in [0.25, 0.3) is 0 Å². The van der Waals surface area contributed by atoms with Gasteiger partial charge in [0.05, 0.1) is 18.2 Å². The van der Waals surface area contributed by atoms with Crippen LogP contribution in [0.2, 0.25) is 0 Å². The molecule has 0 saturated carbocycles. The van der Waals surface area contributed by atoms with Gasteiger partial charge < -0.3 is 4.74 Å². The van der Waals surface area contributed by atoms with Gasteiger partial charge >= 0.3 is 5.97 Å². The van der Waals surface area contributed by atoms with Gasteiger partial charge in [-0.1, -0.05) is 25.1 Å². The number of rotatable bonds is 2. The molecule has 1 aromatic heterocycles. The molecular weight excluding hydrogens is 218 g/mol. The Morgan fingerprint density at radius 3 is 2.65 bits per heavy atom. The van der Waals surface area contributed by atoms with Crippen molar-refractivity contribution >= 4 is 22.8 Å². The molecule has 0 bridgehead atoms. The second kappa shape index (κ2) is 4.41. The van der Waals surface area contributed by atoms with Crippen LogP contribution < -0.4 is 0 Å². The Kier molecular flexibility index (Phi) is 2.95. The van der Waals surface area contributed by atoms with Crippen molar-refractivity contribution in [1.29, 1.82) is 0 Å². The van der Waals surface area contributed by atoms with E-state index >= 15 is 0 Å². The van der Waals surface area contributed by atoms with Crippen molar-refractivity contribution < 1.29 is 14.3 Å². The smallest absolute Gasteiger partial charge is 0.340 e. The molecule has 0 aliphatic rings. The maximum absolute atomic E-state index is 11.8. The summed E-state index contributed by atoms with van der Waals surface area (Å²) < 4.78 is 6.21. The molecular formula is C13H13NO3. The third-order valence-electron chi connectivity index (χ3n) is 2.69. The number of aromatic nitrogens is 1. The topological polar surface area (TPSA) is 48.3 Å². The molecule has 0 spiro atoms. The molecule has 1 aromatic carbocycles. The second-order valence-electron chi connectivity index (χ2n) is 3.67. The molecule has 2 rings (SSSR count). The fourth-order valence-electron chi connectivity index (χ4n) is 1.83. The fraction of sp³-hybridized carbons (Fsp3) is 0.231. The second-order valence-corrected chi connectivity index (χ2v) is 3.67. The molecule has 0 atom stereocenters. The highest BCUT2D eigenvalue weighted by Gasteiger charge is 2.17. The van der Waals surface area contributed by atoms with Crippen LogP contribution in [0.4, 0.5) is 0 Å². The van der Waals surface area contributed by atoms with E-state index in [0.717, 1.165) is 10.9 Å². The van der Waals surface area contributed by atoms with Crippen LogP contribution in [0.15, 0.2) is 30.5 Å². The predicted octanol–water partition coefficient (Wildman–Crippen LogP) is 2.48. The minimum absolute atomic E-state index is 0.0450. The van der Waals surface area contributed by atoms with Gasteiger partial charge in [0.15, 0.2) is 0 Å². The van der Waals surface area contributed by atoms with Gasteiger partial charge in [-0.3, -0.25) is 9.36 Å². The molecule has 0 aliphatic heterocycles. The van der Waals surface area contributed by atoms with Gasteiger partial charge in [-0.05, 0) is 6.07 Å². The summed E-state index contributed by atoms with van der Waals surface area (Å²) in [5.41, 5.74) is 1.16. The molecule has 0 fully saturated rings. The summed E-state index contributed by atoms with van der Waals surface area (Å²) in [4.78, 5) is 23.4. The zero-order valence-corrected chi connectivity index (χ0v) is 9.77. The average Bonchev–Trinajstić information content (AvgIpc) is 2.76. The summed E-state index contributed by atoms with van der Waals surface area (Å²) >= 11 is 0. The lowest BCUT2D eigenvalue weighted by Crippen LogP contribution is -2.07. The van der Waals surface area contributed by atoms with Gasteiger partial charge in [0, 0.05) is 18.0 Å². The number of benzene rings is 1. The summed E-state index contributed by atoms with van der Waals surface area (Å²) in [7, 11) is 1.33. The Morgan fingerprint density at radius 1 is 1.29 bits per heavy atom. The molecule has 0 unspecified atom stereocenters. The first kappa shape index (κ1) is 11.4. The zero-order valence-electron chi connectivity index (χ0n) is 9.77. The van der Waals surface area contributed by atoms with Crippen LogP contribution in [0.25, 0.3) is 10.9 Å². The molecule has 1 heterocycles. The summed E-state index contributed by atoms with van der Waals surface area (Å²) in [6.45, 7) is 1.79. The van der Waals surface area contributed by atoms with Gasteiger partial charge in [0.2, 0.25) is 5.91 Å². The average molecular weight is 231 g/mol. The Labute approximate surface area is 98.8 Å². The number of nitrogens with zero attached hydrogens (tertiary/aromatic N) is 1. The maximum Gasteiger partial charge on any atom is 0.340 e. The first-order valence-corrected chi connectivity index (χ1v) is 5.40. The zero-order chi connectivity index (χ0) is 12.4. The number of para-hydroxylation sites is 1. The highest BCUT2D eigenvalue weighted by molar-refractivity contribution is 6.07. The predicted molar refractivity (Wildman–Crippen MR) is 64.2 cm³/mol. The first-order valence-electron chi connectivity index (χ1n) is 5.40. The van der Waals surface area contributed by atoms with Crippen LogP contribution in [0.5, 0.6) is 0 Å². The van der Waals surface area contributed by atoms with E-state index in [9.17, 15) is 9.59 Å². The molecule has 0 N–H and O–H groups in total. The summed E-state index contributed by atoms with van der Waals surface area (Å²) in [5, 5.41) is 0.737. The lowest BCUT2D eigenvalue weighted by Gasteiger charge is -1.99. The molecule has 88 valence electrons. The largest absolute Gasteiger partial charge is 0.465 e. The number of carbonyl (C=O) groups excluding carboxylic acids is 2. The number of hydrogen-bond acceptors (Lipinski definition) is 3. The third-order valence-corrected chi connectivity index (χ3v) is 2.69. The number of ether oxygens (including phenoxy) is 1. The standard InChI is InChI=1S/C13H13NO3/c1-3-12(15)14-8-10(13(16)17-2)9-6-4-5-7-11(9)14/h4-8H,3H2,1-2H3. The van der Waals surface area contributed by atoms with Crippen LogP contribution >= 0.6 is 0 Å². The van der Waals surface area contributed by atoms with E-state index in [4.69, 9.17) is 4.74 Å². The van der Waals surface area contributed by atoms with Crippen molar-refractivity contribution in [2.45, 2.75) is 13.3 Å². The van der Waals surface area contributed by atoms with Crippen molar-refractivity contribution in [2.75, 3.05) is 7.11 Å². The highest BCUT2D eigenvalue weighted by atomic mass is 16.5. The third kappa shape index (κ3) is 1.82. The van der Waals surface area contributed by atoms with Crippen LogP contribution in [-0.2, 0) is 4.74 Å². The first-order chi connectivity index (χ1) is 8.19. The molecule has 0 saturated heterocycles. The van der Waals surface area contributed by atoms with E-state index in [2.05, 4.69) is 0 Å². The monoisotopic (exact) mass is 231 g/mol. The van der Waals surface area contributed by atoms with Crippen LogP contribution in [0.3, 0.4) is 0 Å². The van der Waals surface area contributed by atoms with Crippen molar-refractivity contribution in [2.24, 2.45) is 0 Å². The lowest BCUT2D eigenvalue weighted by atomic mass is 10.2. The summed E-state index contributed by atoms with van der Waals surface area (Å²) in [6, 6.07) is 7.29. The van der Waals surface area contributed by atoms with Crippen LogP contribution in [-0.4, -0.2) is 23.6 Å². The number of hydrogen-bond donors (Lipinski definition) is 0. The van der Waals surface area contributed by atoms with E-state index in [1.165, 1.54) is 11.7 Å². The van der Waals surface area contributed by atoms with Gasteiger partial charge in [-0.15, -0.1) is 0 Å². The fourth-order valence-corrected chi connectivity index (χ4v) is 1.83.